The van der Waals surface area contributed by atoms with Crippen molar-refractivity contribution in [3.8, 4) is 11.1 Å². The molecule has 1 aliphatic rings. The van der Waals surface area contributed by atoms with Crippen LogP contribution in [0, 0.1) is 0 Å². The van der Waals surface area contributed by atoms with Crippen LogP contribution in [-0.2, 0) is 10.9 Å². The Labute approximate surface area is 191 Å². The summed E-state index contributed by atoms with van der Waals surface area (Å²) in [6.07, 6.45) is -1.08. The van der Waals surface area contributed by atoms with Crippen molar-refractivity contribution >= 4 is 28.3 Å². The van der Waals surface area contributed by atoms with Gasteiger partial charge >= 0.3 is 6.18 Å². The molecule has 5 rings (SSSR count). The monoisotopic (exact) mass is 468 g/mol. The third kappa shape index (κ3) is 4.42. The molecule has 0 saturated carbocycles. The van der Waals surface area contributed by atoms with Gasteiger partial charge < -0.3 is 15.0 Å². The Balaban J connectivity index is 1.43. The van der Waals surface area contributed by atoms with E-state index in [2.05, 4.69) is 30.4 Å². The molecule has 1 aromatic carbocycles. The number of benzene rings is 1. The van der Waals surface area contributed by atoms with Crippen molar-refractivity contribution in [3.05, 3.63) is 66.2 Å². The summed E-state index contributed by atoms with van der Waals surface area (Å²) < 4.78 is 44.2. The van der Waals surface area contributed by atoms with E-state index in [0.717, 1.165) is 36.0 Å². The number of fused-ring (bicyclic) bond motifs is 1. The number of anilines is 2. The third-order valence-electron chi connectivity index (χ3n) is 5.49. The van der Waals surface area contributed by atoms with Gasteiger partial charge in [0.05, 0.1) is 30.6 Å². The SMILES string of the molecule is O=C(Nc1cccc(C(F)(F)F)n1)c1n[nH]c2ccc(-c3cncc(N4CCOCC4)c3)cc12. The van der Waals surface area contributed by atoms with Crippen molar-refractivity contribution in [1.29, 1.82) is 0 Å². The maximum atomic E-state index is 12.9. The van der Waals surface area contributed by atoms with Crippen molar-refractivity contribution in [1.82, 2.24) is 20.2 Å². The van der Waals surface area contributed by atoms with E-state index in [4.69, 9.17) is 4.74 Å². The lowest BCUT2D eigenvalue weighted by atomic mass is 10.0. The highest BCUT2D eigenvalue weighted by molar-refractivity contribution is 6.11. The Hall–Kier alpha value is -3.99. The smallest absolute Gasteiger partial charge is 0.378 e. The predicted molar refractivity (Wildman–Crippen MR) is 120 cm³/mol. The van der Waals surface area contributed by atoms with Crippen molar-refractivity contribution in [3.63, 3.8) is 0 Å². The molecule has 0 radical (unpaired) electrons. The van der Waals surface area contributed by atoms with Crippen LogP contribution in [-0.4, -0.2) is 52.4 Å². The van der Waals surface area contributed by atoms with Gasteiger partial charge in [-0.3, -0.25) is 14.9 Å². The van der Waals surface area contributed by atoms with Crippen molar-refractivity contribution in [2.45, 2.75) is 6.18 Å². The molecule has 0 atom stereocenters. The van der Waals surface area contributed by atoms with Crippen molar-refractivity contribution < 1.29 is 22.7 Å². The summed E-state index contributed by atoms with van der Waals surface area (Å²) in [7, 11) is 0. The first kappa shape index (κ1) is 21.8. The Bertz CT molecular complexity index is 1350. The molecule has 174 valence electrons. The van der Waals surface area contributed by atoms with E-state index < -0.39 is 17.8 Å². The number of halogens is 3. The number of aromatic nitrogens is 4. The van der Waals surface area contributed by atoms with Gasteiger partial charge in [0.1, 0.15) is 11.5 Å². The fraction of sp³-hybridized carbons (Fsp3) is 0.217. The summed E-state index contributed by atoms with van der Waals surface area (Å²) in [5.74, 6) is -0.884. The number of pyridine rings is 2. The zero-order valence-electron chi connectivity index (χ0n) is 17.8. The van der Waals surface area contributed by atoms with E-state index >= 15 is 0 Å². The number of morpholine rings is 1. The number of nitrogens with one attached hydrogen (secondary N) is 2. The largest absolute Gasteiger partial charge is 0.433 e. The molecule has 1 fully saturated rings. The number of nitrogens with zero attached hydrogens (tertiary/aromatic N) is 4. The summed E-state index contributed by atoms with van der Waals surface area (Å²) in [5, 5.41) is 9.77. The van der Waals surface area contributed by atoms with E-state index in [0.29, 0.717) is 24.1 Å². The average Bonchev–Trinajstić information content (AvgIpc) is 3.28. The minimum Gasteiger partial charge on any atom is -0.378 e. The first-order valence-corrected chi connectivity index (χ1v) is 10.5. The second kappa shape index (κ2) is 8.75. The molecule has 0 bridgehead atoms. The predicted octanol–water partition coefficient (Wildman–Crippen LogP) is 4.13. The fourth-order valence-corrected chi connectivity index (χ4v) is 3.78. The maximum Gasteiger partial charge on any atom is 0.433 e. The highest BCUT2D eigenvalue weighted by Gasteiger charge is 2.32. The zero-order chi connectivity index (χ0) is 23.7. The number of carbonyl (C=O) groups is 1. The van der Waals surface area contributed by atoms with E-state index in [-0.39, 0.29) is 11.5 Å². The summed E-state index contributed by atoms with van der Waals surface area (Å²) >= 11 is 0. The molecule has 8 nitrogen and oxygen atoms in total. The molecular weight excluding hydrogens is 449 g/mol. The van der Waals surface area contributed by atoms with Gasteiger partial charge in [-0.15, -0.1) is 0 Å². The molecule has 4 heterocycles. The van der Waals surface area contributed by atoms with Gasteiger partial charge in [0.15, 0.2) is 5.69 Å². The number of amides is 1. The van der Waals surface area contributed by atoms with Gasteiger partial charge in [-0.2, -0.15) is 18.3 Å². The van der Waals surface area contributed by atoms with Crippen LogP contribution in [0.3, 0.4) is 0 Å². The molecule has 1 amide bonds. The number of hydrogen-bond acceptors (Lipinski definition) is 6. The Kier molecular flexibility index (Phi) is 5.62. The third-order valence-corrected chi connectivity index (χ3v) is 5.49. The lowest BCUT2D eigenvalue weighted by Gasteiger charge is -2.28. The molecular formula is C23H19F3N6O2. The van der Waals surface area contributed by atoms with Gasteiger partial charge in [0.25, 0.3) is 5.91 Å². The Morgan fingerprint density at radius 2 is 1.88 bits per heavy atom. The number of H-pyrrole nitrogens is 1. The van der Waals surface area contributed by atoms with Crippen LogP contribution < -0.4 is 10.2 Å². The number of aromatic amines is 1. The summed E-state index contributed by atoms with van der Waals surface area (Å²) in [6, 6.07) is 10.8. The number of alkyl halides is 3. The molecule has 2 N–H and O–H groups in total. The van der Waals surface area contributed by atoms with Crippen LogP contribution in [0.1, 0.15) is 16.2 Å². The normalized spacial score (nSPS) is 14.4. The molecule has 1 aliphatic heterocycles. The zero-order valence-corrected chi connectivity index (χ0v) is 17.8. The lowest BCUT2D eigenvalue weighted by Crippen LogP contribution is -2.36. The number of ether oxygens (including phenoxy) is 1. The molecule has 34 heavy (non-hydrogen) atoms. The second-order valence-corrected chi connectivity index (χ2v) is 7.72. The molecule has 4 aromatic rings. The molecule has 3 aromatic heterocycles. The minimum atomic E-state index is -4.61. The minimum absolute atomic E-state index is 0.0494. The first-order valence-electron chi connectivity index (χ1n) is 10.5. The van der Waals surface area contributed by atoms with Gasteiger partial charge in [-0.25, -0.2) is 4.98 Å². The van der Waals surface area contributed by atoms with E-state index in [9.17, 15) is 18.0 Å². The van der Waals surface area contributed by atoms with E-state index in [1.54, 1.807) is 24.5 Å². The summed E-state index contributed by atoms with van der Waals surface area (Å²) in [5.41, 5.74) is 2.23. The van der Waals surface area contributed by atoms with Crippen LogP contribution in [0.4, 0.5) is 24.7 Å². The highest BCUT2D eigenvalue weighted by Crippen LogP contribution is 2.30. The highest BCUT2D eigenvalue weighted by atomic mass is 19.4. The molecule has 1 saturated heterocycles. The lowest BCUT2D eigenvalue weighted by molar-refractivity contribution is -0.141. The molecule has 11 heteroatoms. The quantitative estimate of drug-likeness (QED) is 0.468. The maximum absolute atomic E-state index is 12.9. The summed E-state index contributed by atoms with van der Waals surface area (Å²) in [6.45, 7) is 2.87. The Morgan fingerprint density at radius 3 is 2.68 bits per heavy atom. The van der Waals surface area contributed by atoms with Gasteiger partial charge in [0.2, 0.25) is 0 Å². The van der Waals surface area contributed by atoms with Gasteiger partial charge in [-0.1, -0.05) is 12.1 Å². The van der Waals surface area contributed by atoms with Crippen molar-refractivity contribution in [2.75, 3.05) is 36.5 Å². The van der Waals surface area contributed by atoms with Crippen LogP contribution in [0.15, 0.2) is 54.9 Å². The number of hydrogen-bond donors (Lipinski definition) is 2. The van der Waals surface area contributed by atoms with Crippen LogP contribution in [0.5, 0.6) is 0 Å². The number of rotatable bonds is 4. The topological polar surface area (TPSA) is 96.0 Å². The van der Waals surface area contributed by atoms with Crippen LogP contribution in [0.25, 0.3) is 22.0 Å². The van der Waals surface area contributed by atoms with Crippen LogP contribution in [0.2, 0.25) is 0 Å². The molecule has 0 spiro atoms. The van der Waals surface area contributed by atoms with E-state index in [1.165, 1.54) is 12.1 Å². The molecule has 0 aliphatic carbocycles. The van der Waals surface area contributed by atoms with Gasteiger partial charge in [0, 0.05) is 30.2 Å². The van der Waals surface area contributed by atoms with Crippen molar-refractivity contribution in [2.24, 2.45) is 0 Å². The van der Waals surface area contributed by atoms with Crippen LogP contribution >= 0.6 is 0 Å². The van der Waals surface area contributed by atoms with E-state index in [1.807, 2.05) is 12.1 Å². The van der Waals surface area contributed by atoms with Gasteiger partial charge in [-0.05, 0) is 35.9 Å². The average molecular weight is 468 g/mol. The number of carbonyl (C=O) groups excluding carboxylic acids is 1. The Morgan fingerprint density at radius 1 is 1.06 bits per heavy atom. The second-order valence-electron chi connectivity index (χ2n) is 7.72. The molecule has 0 unspecified atom stereocenters. The first-order chi connectivity index (χ1) is 16.4. The summed E-state index contributed by atoms with van der Waals surface area (Å²) in [4.78, 5) is 22.8. The fourth-order valence-electron chi connectivity index (χ4n) is 3.78. The standard InChI is InChI=1S/C23H19F3N6O2/c24-23(25,26)19-2-1-3-20(28-19)29-22(33)21-17-11-14(4-5-18(17)30-31-21)15-10-16(13-27-12-15)32-6-8-34-9-7-32/h1-5,10-13H,6-9H2,(H,30,31)(H,28,29,33).